The number of nitrogens with zero attached hydrogens (tertiary/aromatic N) is 2. The van der Waals surface area contributed by atoms with Gasteiger partial charge in [0.05, 0.1) is 18.7 Å². The van der Waals surface area contributed by atoms with Crippen LogP contribution in [0, 0.1) is 5.92 Å². The van der Waals surface area contributed by atoms with E-state index in [0.29, 0.717) is 25.6 Å². The molecule has 2 aromatic rings. The monoisotopic (exact) mass is 442 g/mol. The molecule has 1 aromatic carbocycles. The second-order valence-electron chi connectivity index (χ2n) is 8.86. The molecule has 0 saturated heterocycles. The Morgan fingerprint density at radius 1 is 1.29 bits per heavy atom. The fourth-order valence-corrected chi connectivity index (χ4v) is 5.37. The van der Waals surface area contributed by atoms with Crippen molar-refractivity contribution in [1.82, 2.24) is 9.80 Å². The number of aliphatic hydroxyl groups excluding tert-OH is 1. The van der Waals surface area contributed by atoms with Crippen molar-refractivity contribution in [2.75, 3.05) is 32.8 Å². The van der Waals surface area contributed by atoms with Crippen molar-refractivity contribution >= 4 is 17.2 Å². The van der Waals surface area contributed by atoms with Crippen LogP contribution >= 0.6 is 11.3 Å². The number of carbonyl (C=O) groups is 1. The second-order valence-corrected chi connectivity index (χ2v) is 9.86. The Balaban J connectivity index is 1.44. The number of para-hydroxylation sites is 1. The number of aliphatic hydroxyl groups is 1. The number of rotatable bonds is 11. The normalized spacial score (nSPS) is 19.3. The number of amides is 1. The first-order chi connectivity index (χ1) is 15.1. The Labute approximate surface area is 189 Å². The third-order valence-electron chi connectivity index (χ3n) is 6.23. The van der Waals surface area contributed by atoms with Crippen molar-refractivity contribution in [3.05, 3.63) is 52.2 Å². The predicted octanol–water partition coefficient (Wildman–Crippen LogP) is 4.13. The molecule has 1 saturated carbocycles. The van der Waals surface area contributed by atoms with Crippen LogP contribution in [0.25, 0.3) is 0 Å². The molecule has 1 fully saturated rings. The van der Waals surface area contributed by atoms with Gasteiger partial charge in [-0.1, -0.05) is 31.5 Å². The molecule has 1 aromatic heterocycles. The molecular weight excluding hydrogens is 408 g/mol. The van der Waals surface area contributed by atoms with Crippen molar-refractivity contribution in [3.63, 3.8) is 0 Å². The van der Waals surface area contributed by atoms with E-state index in [0.717, 1.165) is 38.1 Å². The van der Waals surface area contributed by atoms with Gasteiger partial charge in [-0.3, -0.25) is 9.69 Å². The van der Waals surface area contributed by atoms with E-state index < -0.39 is 0 Å². The molecule has 1 aliphatic heterocycles. The average molecular weight is 443 g/mol. The highest BCUT2D eigenvalue weighted by atomic mass is 32.1. The van der Waals surface area contributed by atoms with Gasteiger partial charge in [-0.25, -0.2) is 0 Å². The summed E-state index contributed by atoms with van der Waals surface area (Å²) in [6, 6.07) is 11.9. The summed E-state index contributed by atoms with van der Waals surface area (Å²) in [6.07, 6.45) is 4.76. The average Bonchev–Trinajstić information content (AvgIpc) is 3.44. The van der Waals surface area contributed by atoms with Crippen LogP contribution in [-0.2, 0) is 11.2 Å². The third-order valence-corrected chi connectivity index (χ3v) is 7.23. The van der Waals surface area contributed by atoms with Crippen LogP contribution in [0.15, 0.2) is 41.8 Å². The first-order valence-electron chi connectivity index (χ1n) is 11.6. The Kier molecular flexibility index (Phi) is 7.64. The van der Waals surface area contributed by atoms with Gasteiger partial charge in [-0.05, 0) is 60.7 Å². The Bertz CT molecular complexity index is 836. The van der Waals surface area contributed by atoms with E-state index in [1.54, 1.807) is 11.3 Å². The molecule has 31 heavy (non-hydrogen) atoms. The molecule has 0 spiro atoms. The Morgan fingerprint density at radius 2 is 2.10 bits per heavy atom. The number of carbonyl (C=O) groups excluding carboxylic acids is 1. The maximum atomic E-state index is 13.5. The van der Waals surface area contributed by atoms with Gasteiger partial charge < -0.3 is 14.7 Å². The molecule has 2 unspecified atom stereocenters. The van der Waals surface area contributed by atoms with Crippen LogP contribution in [0.5, 0.6) is 5.75 Å². The van der Waals surface area contributed by atoms with E-state index in [-0.39, 0.29) is 18.1 Å². The summed E-state index contributed by atoms with van der Waals surface area (Å²) in [5, 5.41) is 12.5. The van der Waals surface area contributed by atoms with Crippen molar-refractivity contribution in [1.29, 1.82) is 0 Å². The summed E-state index contributed by atoms with van der Waals surface area (Å²) in [7, 11) is 0. The van der Waals surface area contributed by atoms with E-state index in [1.165, 1.54) is 23.3 Å². The van der Waals surface area contributed by atoms with E-state index in [4.69, 9.17) is 4.74 Å². The lowest BCUT2D eigenvalue weighted by Gasteiger charge is -2.37. The number of thiophene rings is 1. The highest BCUT2D eigenvalue weighted by Crippen LogP contribution is 2.34. The van der Waals surface area contributed by atoms with Crippen LogP contribution in [0.1, 0.15) is 49.1 Å². The van der Waals surface area contributed by atoms with Gasteiger partial charge in [0.2, 0.25) is 5.91 Å². The highest BCUT2D eigenvalue weighted by Gasteiger charge is 2.34. The predicted molar refractivity (Wildman–Crippen MR) is 124 cm³/mol. The summed E-state index contributed by atoms with van der Waals surface area (Å²) in [5.74, 6) is 1.65. The third kappa shape index (κ3) is 6.09. The number of fused-ring (bicyclic) bond motifs is 1. The van der Waals surface area contributed by atoms with Crippen LogP contribution in [0.2, 0.25) is 0 Å². The van der Waals surface area contributed by atoms with Crippen molar-refractivity contribution in [2.24, 2.45) is 5.92 Å². The van der Waals surface area contributed by atoms with E-state index in [2.05, 4.69) is 23.3 Å². The number of benzene rings is 1. The number of hydrogen-bond acceptors (Lipinski definition) is 5. The molecule has 168 valence electrons. The number of hydrogen-bond donors (Lipinski definition) is 1. The SMILES string of the molecule is CCCC(O)CN(CC(=O)N1CCc2sccc2C1COc1ccccc1)CC1CC1. The minimum atomic E-state index is -0.362. The maximum absolute atomic E-state index is 13.5. The van der Waals surface area contributed by atoms with E-state index in [9.17, 15) is 9.90 Å². The molecule has 0 bridgehead atoms. The van der Waals surface area contributed by atoms with Crippen LogP contribution < -0.4 is 4.74 Å². The van der Waals surface area contributed by atoms with Crippen molar-refractivity contribution in [3.8, 4) is 5.75 Å². The van der Waals surface area contributed by atoms with Gasteiger partial charge in [0.1, 0.15) is 12.4 Å². The topological polar surface area (TPSA) is 53.0 Å². The zero-order valence-corrected chi connectivity index (χ0v) is 19.2. The minimum absolute atomic E-state index is 0.0638. The molecule has 1 amide bonds. The van der Waals surface area contributed by atoms with Crippen LogP contribution in [0.3, 0.4) is 0 Å². The fraction of sp³-hybridized carbons (Fsp3) is 0.560. The molecule has 2 heterocycles. The fourth-order valence-electron chi connectivity index (χ4n) is 4.44. The second kappa shape index (κ2) is 10.6. The first kappa shape index (κ1) is 22.3. The van der Waals surface area contributed by atoms with E-state index in [1.807, 2.05) is 35.2 Å². The molecule has 2 aliphatic rings. The standard InChI is InChI=1S/C25H34N2O3S/c1-2-6-20(28)16-26(15-19-9-10-19)17-25(29)27-13-11-24-22(12-14-31-24)23(27)18-30-21-7-4-3-5-8-21/h3-5,7-8,12,14,19-20,23,28H,2,6,9-11,13,15-18H2,1H3. The highest BCUT2D eigenvalue weighted by molar-refractivity contribution is 7.10. The zero-order chi connectivity index (χ0) is 21.6. The molecule has 6 heteroatoms. The zero-order valence-electron chi connectivity index (χ0n) is 18.4. The Hall–Kier alpha value is -1.89. The number of ether oxygens (including phenoxy) is 1. The van der Waals surface area contributed by atoms with Crippen LogP contribution in [-0.4, -0.2) is 59.7 Å². The summed E-state index contributed by atoms with van der Waals surface area (Å²) in [5.41, 5.74) is 1.22. The summed E-state index contributed by atoms with van der Waals surface area (Å²) < 4.78 is 6.09. The first-order valence-corrected chi connectivity index (χ1v) is 12.5. The lowest BCUT2D eigenvalue weighted by molar-refractivity contribution is -0.136. The lowest BCUT2D eigenvalue weighted by atomic mass is 10.0. The molecule has 1 aliphatic carbocycles. The summed E-state index contributed by atoms with van der Waals surface area (Å²) in [4.78, 5) is 19.0. The van der Waals surface area contributed by atoms with Gasteiger partial charge in [0.25, 0.3) is 0 Å². The summed E-state index contributed by atoms with van der Waals surface area (Å²) >= 11 is 1.77. The molecular formula is C25H34N2O3S. The van der Waals surface area contributed by atoms with Gasteiger partial charge >= 0.3 is 0 Å². The van der Waals surface area contributed by atoms with Gasteiger partial charge in [-0.2, -0.15) is 0 Å². The largest absolute Gasteiger partial charge is 0.491 e. The van der Waals surface area contributed by atoms with Crippen molar-refractivity contribution < 1.29 is 14.6 Å². The molecule has 2 atom stereocenters. The molecule has 0 radical (unpaired) electrons. The lowest BCUT2D eigenvalue weighted by Crippen LogP contribution is -2.48. The van der Waals surface area contributed by atoms with Crippen LogP contribution in [0.4, 0.5) is 0 Å². The quantitative estimate of drug-likeness (QED) is 0.569. The molecule has 5 nitrogen and oxygen atoms in total. The summed E-state index contributed by atoms with van der Waals surface area (Å²) in [6.45, 7) is 5.14. The smallest absolute Gasteiger partial charge is 0.237 e. The maximum Gasteiger partial charge on any atom is 0.237 e. The van der Waals surface area contributed by atoms with E-state index >= 15 is 0 Å². The Morgan fingerprint density at radius 3 is 2.84 bits per heavy atom. The van der Waals surface area contributed by atoms with Gasteiger partial charge in [0, 0.05) is 24.5 Å². The van der Waals surface area contributed by atoms with Gasteiger partial charge in [0.15, 0.2) is 0 Å². The van der Waals surface area contributed by atoms with Gasteiger partial charge in [-0.15, -0.1) is 11.3 Å². The molecule has 1 N–H and O–H groups in total. The van der Waals surface area contributed by atoms with Crippen molar-refractivity contribution in [2.45, 2.75) is 51.2 Å². The minimum Gasteiger partial charge on any atom is -0.491 e. The molecule has 4 rings (SSSR count).